The summed E-state index contributed by atoms with van der Waals surface area (Å²) in [5.74, 6) is 0.586. The number of carbonyl (C=O) groups is 1. The maximum Gasteiger partial charge on any atom is 0.255 e. The fraction of sp³-hybridized carbons (Fsp3) is 0.316. The molecule has 1 amide bonds. The number of methoxy groups -OCH3 is 2. The van der Waals surface area contributed by atoms with Gasteiger partial charge in [-0.1, -0.05) is 0 Å². The zero-order valence-corrected chi connectivity index (χ0v) is 18.4. The summed E-state index contributed by atoms with van der Waals surface area (Å²) in [4.78, 5) is 12.8. The molecule has 156 valence electrons. The van der Waals surface area contributed by atoms with E-state index in [-0.39, 0.29) is 23.5 Å². The van der Waals surface area contributed by atoms with Crippen LogP contribution < -0.4 is 14.8 Å². The molecular formula is C19H21BrN2O6S. The number of halogens is 1. The summed E-state index contributed by atoms with van der Waals surface area (Å²) in [6.45, 7) is 1.23. The smallest absolute Gasteiger partial charge is 0.255 e. The molecule has 0 aromatic heterocycles. The molecule has 3 rings (SSSR count). The van der Waals surface area contributed by atoms with Crippen LogP contribution >= 0.6 is 15.9 Å². The van der Waals surface area contributed by atoms with Crippen LogP contribution in [0.2, 0.25) is 0 Å². The van der Waals surface area contributed by atoms with E-state index in [4.69, 9.17) is 14.2 Å². The van der Waals surface area contributed by atoms with Crippen LogP contribution in [0.25, 0.3) is 0 Å². The van der Waals surface area contributed by atoms with Crippen LogP contribution in [0.1, 0.15) is 10.4 Å². The van der Waals surface area contributed by atoms with Crippen LogP contribution in [-0.4, -0.2) is 59.2 Å². The summed E-state index contributed by atoms with van der Waals surface area (Å²) in [6.07, 6.45) is 0. The summed E-state index contributed by atoms with van der Waals surface area (Å²) < 4.78 is 43.3. The van der Waals surface area contributed by atoms with Crippen LogP contribution in [0.4, 0.5) is 5.69 Å². The maximum atomic E-state index is 13.0. The Morgan fingerprint density at radius 3 is 2.28 bits per heavy atom. The highest BCUT2D eigenvalue weighted by Gasteiger charge is 2.29. The van der Waals surface area contributed by atoms with Crippen LogP contribution in [0.3, 0.4) is 0 Å². The molecule has 8 nitrogen and oxygen atoms in total. The molecule has 0 aliphatic carbocycles. The van der Waals surface area contributed by atoms with Crippen molar-refractivity contribution in [2.24, 2.45) is 0 Å². The number of benzene rings is 2. The number of hydrogen-bond acceptors (Lipinski definition) is 6. The molecular weight excluding hydrogens is 464 g/mol. The van der Waals surface area contributed by atoms with E-state index in [0.717, 1.165) is 0 Å². The molecule has 1 saturated heterocycles. The van der Waals surface area contributed by atoms with Crippen molar-refractivity contribution in [3.8, 4) is 11.5 Å². The lowest BCUT2D eigenvalue weighted by atomic mass is 10.2. The van der Waals surface area contributed by atoms with Gasteiger partial charge in [-0.15, -0.1) is 0 Å². The van der Waals surface area contributed by atoms with E-state index >= 15 is 0 Å². The average molecular weight is 485 g/mol. The zero-order valence-electron chi connectivity index (χ0n) is 16.0. The number of amides is 1. The third kappa shape index (κ3) is 4.89. The Labute approximate surface area is 177 Å². The Bertz CT molecular complexity index is 984. The molecule has 0 radical (unpaired) electrons. The van der Waals surface area contributed by atoms with Gasteiger partial charge in [0.05, 0.1) is 32.3 Å². The fourth-order valence-corrected chi connectivity index (χ4v) is 5.21. The van der Waals surface area contributed by atoms with Crippen molar-refractivity contribution in [3.05, 3.63) is 46.4 Å². The minimum atomic E-state index is -3.76. The predicted molar refractivity (Wildman–Crippen MR) is 111 cm³/mol. The average Bonchev–Trinajstić information content (AvgIpc) is 2.74. The van der Waals surface area contributed by atoms with Gasteiger partial charge >= 0.3 is 0 Å². The number of rotatable bonds is 6. The van der Waals surface area contributed by atoms with Crippen molar-refractivity contribution >= 4 is 37.5 Å². The standard InChI is InChI=1S/C19H21BrN2O6S/c1-26-15-10-14(11-16(12-15)27-2)21-19(23)13-3-4-17(20)18(9-13)29(24,25)22-5-7-28-8-6-22/h3-4,9-12H,5-8H2,1-2H3,(H,21,23). The van der Waals surface area contributed by atoms with Gasteiger partial charge in [-0.25, -0.2) is 8.42 Å². The van der Waals surface area contributed by atoms with E-state index < -0.39 is 15.9 Å². The van der Waals surface area contributed by atoms with Crippen LogP contribution in [0.5, 0.6) is 11.5 Å². The van der Waals surface area contributed by atoms with Crippen LogP contribution in [0, 0.1) is 0 Å². The SMILES string of the molecule is COc1cc(NC(=O)c2ccc(Br)c(S(=O)(=O)N3CCOCC3)c2)cc(OC)c1. The van der Waals surface area contributed by atoms with Crippen molar-refractivity contribution in [1.82, 2.24) is 4.31 Å². The number of ether oxygens (including phenoxy) is 3. The number of morpholine rings is 1. The molecule has 1 heterocycles. The van der Waals surface area contributed by atoms with Crippen LogP contribution in [-0.2, 0) is 14.8 Å². The first-order valence-electron chi connectivity index (χ1n) is 8.77. The Morgan fingerprint density at radius 2 is 1.69 bits per heavy atom. The van der Waals surface area contributed by atoms with Crippen molar-refractivity contribution in [2.45, 2.75) is 4.90 Å². The molecule has 0 bridgehead atoms. The van der Waals surface area contributed by atoms with Gasteiger partial charge in [0.2, 0.25) is 10.0 Å². The first kappa shape index (κ1) is 21.6. The van der Waals surface area contributed by atoms with Crippen molar-refractivity contribution in [3.63, 3.8) is 0 Å². The van der Waals surface area contributed by atoms with Crippen molar-refractivity contribution < 1.29 is 27.4 Å². The van der Waals surface area contributed by atoms with E-state index in [2.05, 4.69) is 21.2 Å². The van der Waals surface area contributed by atoms with Crippen molar-refractivity contribution in [2.75, 3.05) is 45.8 Å². The summed E-state index contributed by atoms with van der Waals surface area (Å²) in [7, 11) is -0.733. The van der Waals surface area contributed by atoms with E-state index in [0.29, 0.717) is 34.9 Å². The summed E-state index contributed by atoms with van der Waals surface area (Å²) in [5, 5.41) is 2.74. The molecule has 0 atom stereocenters. The zero-order chi connectivity index (χ0) is 21.0. The second-order valence-corrected chi connectivity index (χ2v) is 8.98. The lowest BCUT2D eigenvalue weighted by Gasteiger charge is -2.26. The largest absolute Gasteiger partial charge is 0.497 e. The molecule has 10 heteroatoms. The highest BCUT2D eigenvalue weighted by Crippen LogP contribution is 2.29. The van der Waals surface area contributed by atoms with E-state index in [1.807, 2.05) is 0 Å². The van der Waals surface area contributed by atoms with Gasteiger partial charge in [-0.05, 0) is 34.1 Å². The number of anilines is 1. The van der Waals surface area contributed by atoms with Gasteiger partial charge in [-0.3, -0.25) is 4.79 Å². The Balaban J connectivity index is 1.88. The van der Waals surface area contributed by atoms with Gasteiger partial charge in [0.15, 0.2) is 0 Å². The lowest BCUT2D eigenvalue weighted by Crippen LogP contribution is -2.40. The summed E-state index contributed by atoms with van der Waals surface area (Å²) in [5.41, 5.74) is 0.675. The topological polar surface area (TPSA) is 94.2 Å². The number of nitrogens with zero attached hydrogens (tertiary/aromatic N) is 1. The van der Waals surface area contributed by atoms with Gasteiger partial charge in [-0.2, -0.15) is 4.31 Å². The highest BCUT2D eigenvalue weighted by atomic mass is 79.9. The second kappa shape index (κ2) is 9.12. The summed E-state index contributed by atoms with van der Waals surface area (Å²) in [6, 6.07) is 9.43. The molecule has 1 fully saturated rings. The molecule has 1 aliphatic heterocycles. The molecule has 0 saturated carbocycles. The lowest BCUT2D eigenvalue weighted by molar-refractivity contribution is 0.0730. The fourth-order valence-electron chi connectivity index (χ4n) is 2.85. The molecule has 29 heavy (non-hydrogen) atoms. The predicted octanol–water partition coefficient (Wildman–Crippen LogP) is 2.74. The monoisotopic (exact) mass is 484 g/mol. The quantitative estimate of drug-likeness (QED) is 0.677. The van der Waals surface area contributed by atoms with Gasteiger partial charge in [0, 0.05) is 47.0 Å². The third-order valence-electron chi connectivity index (χ3n) is 4.39. The molecule has 0 unspecified atom stereocenters. The number of nitrogens with one attached hydrogen (secondary N) is 1. The molecule has 2 aromatic carbocycles. The second-order valence-electron chi connectivity index (χ2n) is 6.22. The number of carbonyl (C=O) groups excluding carboxylic acids is 1. The molecule has 1 N–H and O–H groups in total. The van der Waals surface area contributed by atoms with E-state index in [1.54, 1.807) is 30.3 Å². The summed E-state index contributed by atoms with van der Waals surface area (Å²) >= 11 is 3.28. The Morgan fingerprint density at radius 1 is 1.07 bits per heavy atom. The first-order valence-corrected chi connectivity index (χ1v) is 11.0. The minimum absolute atomic E-state index is 0.0373. The van der Waals surface area contributed by atoms with Crippen molar-refractivity contribution in [1.29, 1.82) is 0 Å². The number of sulfonamides is 1. The van der Waals surface area contributed by atoms with Gasteiger partial charge in [0.1, 0.15) is 11.5 Å². The van der Waals surface area contributed by atoms with Gasteiger partial charge < -0.3 is 19.5 Å². The van der Waals surface area contributed by atoms with Crippen LogP contribution in [0.15, 0.2) is 45.8 Å². The minimum Gasteiger partial charge on any atom is -0.497 e. The first-order chi connectivity index (χ1) is 13.8. The van der Waals surface area contributed by atoms with E-state index in [1.165, 1.54) is 24.6 Å². The van der Waals surface area contributed by atoms with Gasteiger partial charge in [0.25, 0.3) is 5.91 Å². The molecule has 1 aliphatic rings. The Hall–Kier alpha value is -2.14. The Kier molecular flexibility index (Phi) is 6.78. The maximum absolute atomic E-state index is 13.0. The van der Waals surface area contributed by atoms with E-state index in [9.17, 15) is 13.2 Å². The highest BCUT2D eigenvalue weighted by molar-refractivity contribution is 9.10. The molecule has 0 spiro atoms. The number of hydrogen-bond donors (Lipinski definition) is 1. The molecule has 2 aromatic rings. The normalized spacial score (nSPS) is 15.0. The third-order valence-corrected chi connectivity index (χ3v) is 7.28.